The zero-order valence-electron chi connectivity index (χ0n) is 17.4. The molecule has 2 amide bonds. The van der Waals surface area contributed by atoms with Crippen molar-refractivity contribution in [1.82, 2.24) is 4.90 Å². The summed E-state index contributed by atoms with van der Waals surface area (Å²) in [6.07, 6.45) is 1.63. The Morgan fingerprint density at radius 3 is 2.19 bits per heavy atom. The van der Waals surface area contributed by atoms with Gasteiger partial charge in [-0.25, -0.2) is 0 Å². The third-order valence-electron chi connectivity index (χ3n) is 5.06. The molecule has 0 spiro atoms. The van der Waals surface area contributed by atoms with E-state index in [2.05, 4.69) is 0 Å². The smallest absolute Gasteiger partial charge is 0.293 e. The quantitative estimate of drug-likeness (QED) is 0.502. The van der Waals surface area contributed by atoms with Crippen molar-refractivity contribution >= 4 is 39.8 Å². The van der Waals surface area contributed by atoms with Crippen molar-refractivity contribution < 1.29 is 23.8 Å². The second kappa shape index (κ2) is 8.73. The van der Waals surface area contributed by atoms with Gasteiger partial charge in [-0.2, -0.15) is 0 Å². The maximum atomic E-state index is 13.0. The first-order valence-corrected chi connectivity index (χ1v) is 10.4. The monoisotopic (exact) mass is 435 g/mol. The molecule has 6 nitrogen and oxygen atoms in total. The normalized spacial score (nSPS) is 15.1. The Morgan fingerprint density at radius 1 is 0.871 bits per heavy atom. The van der Waals surface area contributed by atoms with Crippen LogP contribution in [0.4, 0.5) is 4.79 Å². The van der Waals surface area contributed by atoms with E-state index in [1.165, 1.54) is 19.1 Å². The number of amides is 2. The summed E-state index contributed by atoms with van der Waals surface area (Å²) >= 11 is 0.904. The molecule has 0 aliphatic carbocycles. The SMILES string of the molecule is COc1cc(OC)c(/C=C2/SC(=O)N(Cc3ccc4ccccc4c3)C2=O)c(OC)c1. The number of hydrogen-bond donors (Lipinski definition) is 0. The van der Waals surface area contributed by atoms with Crippen LogP contribution < -0.4 is 14.2 Å². The van der Waals surface area contributed by atoms with Crippen LogP contribution in [0.5, 0.6) is 17.2 Å². The van der Waals surface area contributed by atoms with Gasteiger partial charge in [0.15, 0.2) is 0 Å². The van der Waals surface area contributed by atoms with Crippen molar-refractivity contribution in [2.75, 3.05) is 21.3 Å². The third-order valence-corrected chi connectivity index (χ3v) is 5.96. The summed E-state index contributed by atoms with van der Waals surface area (Å²) in [5.41, 5.74) is 1.46. The number of thioether (sulfide) groups is 1. The molecule has 3 aromatic carbocycles. The number of methoxy groups -OCH3 is 3. The van der Waals surface area contributed by atoms with Gasteiger partial charge < -0.3 is 14.2 Å². The molecule has 0 saturated carbocycles. The molecule has 0 radical (unpaired) electrons. The molecule has 7 heteroatoms. The van der Waals surface area contributed by atoms with Gasteiger partial charge in [0.1, 0.15) is 17.2 Å². The van der Waals surface area contributed by atoms with Crippen molar-refractivity contribution in [3.05, 3.63) is 70.6 Å². The minimum atomic E-state index is -0.344. The van der Waals surface area contributed by atoms with Gasteiger partial charge in [0.25, 0.3) is 11.1 Å². The number of carbonyl (C=O) groups excluding carboxylic acids is 2. The standard InChI is InChI=1S/C24H21NO5S/c1-28-18-11-20(29-2)19(21(12-18)30-3)13-22-23(26)25(24(27)31-22)14-15-8-9-16-6-4-5-7-17(16)10-15/h4-13H,14H2,1-3H3/b22-13+. The number of hydrogen-bond acceptors (Lipinski definition) is 6. The highest BCUT2D eigenvalue weighted by atomic mass is 32.2. The molecule has 158 valence electrons. The van der Waals surface area contributed by atoms with E-state index in [0.29, 0.717) is 27.7 Å². The van der Waals surface area contributed by atoms with E-state index in [1.807, 2.05) is 42.5 Å². The largest absolute Gasteiger partial charge is 0.496 e. The van der Waals surface area contributed by atoms with Gasteiger partial charge in [0.05, 0.1) is 38.3 Å². The number of fused-ring (bicyclic) bond motifs is 1. The summed E-state index contributed by atoms with van der Waals surface area (Å²) in [7, 11) is 4.60. The van der Waals surface area contributed by atoms with E-state index < -0.39 is 0 Å². The summed E-state index contributed by atoms with van der Waals surface area (Å²) in [6.45, 7) is 0.212. The third kappa shape index (κ3) is 4.09. The Kier molecular flexibility index (Phi) is 5.86. The van der Waals surface area contributed by atoms with Crippen LogP contribution in [-0.4, -0.2) is 37.4 Å². The molecule has 4 rings (SSSR count). The maximum Gasteiger partial charge on any atom is 0.293 e. The topological polar surface area (TPSA) is 65.1 Å². The minimum Gasteiger partial charge on any atom is -0.496 e. The predicted octanol–water partition coefficient (Wildman–Crippen LogP) is 5.10. The van der Waals surface area contributed by atoms with Crippen molar-refractivity contribution in [3.63, 3.8) is 0 Å². The first-order valence-electron chi connectivity index (χ1n) is 9.57. The summed E-state index contributed by atoms with van der Waals surface area (Å²) in [4.78, 5) is 27.2. The first-order chi connectivity index (χ1) is 15.0. The number of imide groups is 1. The highest BCUT2D eigenvalue weighted by molar-refractivity contribution is 8.18. The lowest BCUT2D eigenvalue weighted by Gasteiger charge is -2.14. The molecule has 1 heterocycles. The van der Waals surface area contributed by atoms with Crippen molar-refractivity contribution in [2.24, 2.45) is 0 Å². The number of rotatable bonds is 6. The van der Waals surface area contributed by atoms with E-state index in [4.69, 9.17) is 14.2 Å². The van der Waals surface area contributed by atoms with E-state index >= 15 is 0 Å². The lowest BCUT2D eigenvalue weighted by atomic mass is 10.1. The highest BCUT2D eigenvalue weighted by Crippen LogP contribution is 2.40. The molecule has 1 saturated heterocycles. The average molecular weight is 436 g/mol. The Balaban J connectivity index is 1.64. The van der Waals surface area contributed by atoms with Crippen LogP contribution in [0, 0.1) is 0 Å². The fourth-order valence-corrected chi connectivity index (χ4v) is 4.28. The molecule has 3 aromatic rings. The van der Waals surface area contributed by atoms with Crippen molar-refractivity contribution in [1.29, 1.82) is 0 Å². The summed E-state index contributed by atoms with van der Waals surface area (Å²) in [5, 5.41) is 1.87. The molecule has 1 aliphatic heterocycles. The van der Waals surface area contributed by atoms with E-state index in [-0.39, 0.29) is 17.7 Å². The molecule has 1 aliphatic rings. The van der Waals surface area contributed by atoms with Crippen LogP contribution in [0.25, 0.3) is 16.8 Å². The van der Waals surface area contributed by atoms with Crippen LogP contribution >= 0.6 is 11.8 Å². The first kappa shape index (κ1) is 20.8. The van der Waals surface area contributed by atoms with E-state index in [1.54, 1.807) is 25.3 Å². The number of carbonyl (C=O) groups is 2. The zero-order valence-corrected chi connectivity index (χ0v) is 18.2. The molecular weight excluding hydrogens is 414 g/mol. The molecule has 0 aromatic heterocycles. The van der Waals surface area contributed by atoms with Crippen LogP contribution in [0.3, 0.4) is 0 Å². The van der Waals surface area contributed by atoms with Crippen LogP contribution in [0.15, 0.2) is 59.5 Å². The number of nitrogens with zero attached hydrogens (tertiary/aromatic N) is 1. The summed E-state index contributed by atoms with van der Waals surface area (Å²) < 4.78 is 16.1. The summed E-state index contributed by atoms with van der Waals surface area (Å²) in [6, 6.07) is 17.3. The van der Waals surface area contributed by atoms with Gasteiger partial charge in [-0.1, -0.05) is 36.4 Å². The highest BCUT2D eigenvalue weighted by Gasteiger charge is 2.35. The van der Waals surface area contributed by atoms with E-state index in [0.717, 1.165) is 28.1 Å². The second-order valence-corrected chi connectivity index (χ2v) is 7.89. The van der Waals surface area contributed by atoms with Gasteiger partial charge in [0.2, 0.25) is 0 Å². The van der Waals surface area contributed by atoms with Gasteiger partial charge in [-0.15, -0.1) is 0 Å². The Labute approximate surface area is 184 Å². The van der Waals surface area contributed by atoms with Gasteiger partial charge in [-0.3, -0.25) is 14.5 Å². The molecule has 0 atom stereocenters. The molecule has 0 bridgehead atoms. The fraction of sp³-hybridized carbons (Fsp3) is 0.167. The van der Waals surface area contributed by atoms with Gasteiger partial charge in [-0.05, 0) is 40.2 Å². The average Bonchev–Trinajstić information content (AvgIpc) is 3.06. The van der Waals surface area contributed by atoms with Gasteiger partial charge >= 0.3 is 0 Å². The Morgan fingerprint density at radius 2 is 1.55 bits per heavy atom. The number of ether oxygens (including phenoxy) is 3. The summed E-state index contributed by atoms with van der Waals surface area (Å²) in [5.74, 6) is 1.19. The maximum absolute atomic E-state index is 13.0. The Hall–Kier alpha value is -3.45. The van der Waals surface area contributed by atoms with Gasteiger partial charge in [0, 0.05) is 12.1 Å². The molecule has 1 fully saturated rings. The Bertz CT molecular complexity index is 1180. The van der Waals surface area contributed by atoms with Crippen LogP contribution in [0.2, 0.25) is 0 Å². The minimum absolute atomic E-state index is 0.212. The molecule has 0 unspecified atom stereocenters. The zero-order chi connectivity index (χ0) is 22.0. The lowest BCUT2D eigenvalue weighted by molar-refractivity contribution is -0.123. The van der Waals surface area contributed by atoms with Crippen molar-refractivity contribution in [3.8, 4) is 17.2 Å². The second-order valence-electron chi connectivity index (χ2n) is 6.89. The van der Waals surface area contributed by atoms with E-state index in [9.17, 15) is 9.59 Å². The van der Waals surface area contributed by atoms with Crippen LogP contribution in [-0.2, 0) is 11.3 Å². The number of benzene rings is 3. The molecule has 0 N–H and O–H groups in total. The van der Waals surface area contributed by atoms with Crippen molar-refractivity contribution in [2.45, 2.75) is 6.54 Å². The fourth-order valence-electron chi connectivity index (χ4n) is 3.46. The molecule has 31 heavy (non-hydrogen) atoms. The lowest BCUT2D eigenvalue weighted by Crippen LogP contribution is -2.27. The predicted molar refractivity (Wildman–Crippen MR) is 122 cm³/mol. The van der Waals surface area contributed by atoms with Crippen LogP contribution in [0.1, 0.15) is 11.1 Å². The molecular formula is C24H21NO5S.